The maximum atomic E-state index is 11.6. The summed E-state index contributed by atoms with van der Waals surface area (Å²) in [7, 11) is 0. The molecule has 2 aromatic rings. The van der Waals surface area contributed by atoms with Gasteiger partial charge in [-0.3, -0.25) is 9.69 Å². The van der Waals surface area contributed by atoms with Crippen molar-refractivity contribution in [3.63, 3.8) is 0 Å². The van der Waals surface area contributed by atoms with Crippen molar-refractivity contribution in [2.24, 2.45) is 0 Å². The van der Waals surface area contributed by atoms with Gasteiger partial charge in [0.25, 0.3) is 0 Å². The minimum Gasteiger partial charge on any atom is -0.480 e. The molecule has 3 heterocycles. The van der Waals surface area contributed by atoms with Crippen LogP contribution in [0.3, 0.4) is 0 Å². The Morgan fingerprint density at radius 3 is 3.05 bits per heavy atom. The number of hydrogen-bond acceptors (Lipinski definition) is 3. The Morgan fingerprint density at radius 2 is 2.30 bits per heavy atom. The molecule has 0 radical (unpaired) electrons. The second-order valence-electron chi connectivity index (χ2n) is 5.66. The summed E-state index contributed by atoms with van der Waals surface area (Å²) in [6, 6.07) is 5.87. The van der Waals surface area contributed by atoms with Crippen molar-refractivity contribution in [2.45, 2.75) is 38.3 Å². The molecule has 1 unspecified atom stereocenters. The summed E-state index contributed by atoms with van der Waals surface area (Å²) in [6.07, 6.45) is 6.67. The van der Waals surface area contributed by atoms with Crippen molar-refractivity contribution in [1.82, 2.24) is 14.3 Å². The first-order valence-electron chi connectivity index (χ1n) is 7.01. The normalized spacial score (nSPS) is 24.1. The minimum absolute atomic E-state index is 0.588. The van der Waals surface area contributed by atoms with E-state index in [4.69, 9.17) is 0 Å². The molecule has 0 bridgehead atoms. The average Bonchev–Trinajstić information content (AvgIpc) is 2.83. The van der Waals surface area contributed by atoms with Gasteiger partial charge < -0.3 is 9.51 Å². The highest BCUT2D eigenvalue weighted by atomic mass is 16.4. The topological polar surface area (TPSA) is 57.8 Å². The van der Waals surface area contributed by atoms with E-state index in [0.717, 1.165) is 30.7 Å². The van der Waals surface area contributed by atoms with Crippen molar-refractivity contribution in [3.05, 3.63) is 36.3 Å². The molecule has 1 saturated heterocycles. The van der Waals surface area contributed by atoms with E-state index >= 15 is 0 Å². The number of fused-ring (bicyclic) bond motifs is 1. The summed E-state index contributed by atoms with van der Waals surface area (Å²) >= 11 is 0. The number of carbonyl (C=O) groups is 1. The number of hydrogen-bond donors (Lipinski definition) is 1. The van der Waals surface area contributed by atoms with Gasteiger partial charge >= 0.3 is 5.97 Å². The van der Waals surface area contributed by atoms with Crippen molar-refractivity contribution >= 4 is 11.6 Å². The molecule has 3 rings (SSSR count). The predicted octanol–water partition coefficient (Wildman–Crippen LogP) is 2.16. The van der Waals surface area contributed by atoms with Gasteiger partial charge in [-0.2, -0.15) is 0 Å². The van der Waals surface area contributed by atoms with E-state index in [0.29, 0.717) is 13.0 Å². The number of carboxylic acid groups (broad SMARTS) is 1. The first kappa shape index (κ1) is 13.1. The van der Waals surface area contributed by atoms with Crippen molar-refractivity contribution in [1.29, 1.82) is 0 Å². The molecule has 2 aromatic heterocycles. The van der Waals surface area contributed by atoms with Gasteiger partial charge in [0.2, 0.25) is 0 Å². The molecular weight excluding hydrogens is 254 g/mol. The summed E-state index contributed by atoms with van der Waals surface area (Å²) in [5, 5.41) is 9.52. The number of carboxylic acids is 1. The molecule has 0 aliphatic carbocycles. The van der Waals surface area contributed by atoms with Crippen LogP contribution in [0.1, 0.15) is 31.9 Å². The van der Waals surface area contributed by atoms with Gasteiger partial charge in [-0.15, -0.1) is 0 Å². The summed E-state index contributed by atoms with van der Waals surface area (Å²) < 4.78 is 1.97. The molecule has 1 fully saturated rings. The third-order valence-electron chi connectivity index (χ3n) is 4.27. The SMILES string of the molecule is CC1(C(=O)O)CCCCN1Cc1cn2ccccc2n1. The Bertz CT molecular complexity index is 604. The van der Waals surface area contributed by atoms with Crippen LogP contribution in [-0.4, -0.2) is 37.4 Å². The van der Waals surface area contributed by atoms with E-state index in [-0.39, 0.29) is 0 Å². The molecule has 106 valence electrons. The van der Waals surface area contributed by atoms with Crippen LogP contribution in [0, 0.1) is 0 Å². The molecule has 5 heteroatoms. The fourth-order valence-electron chi connectivity index (χ4n) is 2.93. The van der Waals surface area contributed by atoms with Gasteiger partial charge in [0.1, 0.15) is 11.2 Å². The Balaban J connectivity index is 1.86. The van der Waals surface area contributed by atoms with Crippen LogP contribution < -0.4 is 0 Å². The molecular formula is C15H19N3O2. The lowest BCUT2D eigenvalue weighted by Crippen LogP contribution is -2.54. The monoisotopic (exact) mass is 273 g/mol. The third-order valence-corrected chi connectivity index (χ3v) is 4.27. The second-order valence-corrected chi connectivity index (χ2v) is 5.66. The maximum absolute atomic E-state index is 11.6. The molecule has 0 amide bonds. The lowest BCUT2D eigenvalue weighted by Gasteiger charge is -2.41. The molecule has 20 heavy (non-hydrogen) atoms. The van der Waals surface area contributed by atoms with Gasteiger partial charge in [0.15, 0.2) is 0 Å². The zero-order valence-electron chi connectivity index (χ0n) is 11.6. The van der Waals surface area contributed by atoms with E-state index in [9.17, 15) is 9.90 Å². The number of nitrogens with zero attached hydrogens (tertiary/aromatic N) is 3. The Morgan fingerprint density at radius 1 is 1.45 bits per heavy atom. The minimum atomic E-state index is -0.770. The lowest BCUT2D eigenvalue weighted by molar-refractivity contribution is -0.153. The molecule has 1 aliphatic heterocycles. The van der Waals surface area contributed by atoms with Crippen LogP contribution in [0.15, 0.2) is 30.6 Å². The summed E-state index contributed by atoms with van der Waals surface area (Å²) in [4.78, 5) is 18.2. The smallest absolute Gasteiger partial charge is 0.323 e. The van der Waals surface area contributed by atoms with Crippen molar-refractivity contribution in [3.8, 4) is 0 Å². The molecule has 5 nitrogen and oxygen atoms in total. The fourth-order valence-corrected chi connectivity index (χ4v) is 2.93. The number of pyridine rings is 1. The number of likely N-dealkylation sites (tertiary alicyclic amines) is 1. The number of aliphatic carboxylic acids is 1. The van der Waals surface area contributed by atoms with Crippen LogP contribution in [0.2, 0.25) is 0 Å². The summed E-state index contributed by atoms with van der Waals surface area (Å²) in [5.41, 5.74) is 1.05. The highest BCUT2D eigenvalue weighted by molar-refractivity contribution is 5.78. The fraction of sp³-hybridized carbons (Fsp3) is 0.467. The van der Waals surface area contributed by atoms with Crippen LogP contribution in [0.4, 0.5) is 0 Å². The quantitative estimate of drug-likeness (QED) is 0.931. The molecule has 0 aromatic carbocycles. The second kappa shape index (κ2) is 4.90. The van der Waals surface area contributed by atoms with Gasteiger partial charge in [-0.25, -0.2) is 4.98 Å². The largest absolute Gasteiger partial charge is 0.480 e. The van der Waals surface area contributed by atoms with Crippen LogP contribution in [-0.2, 0) is 11.3 Å². The Labute approximate surface area is 117 Å². The average molecular weight is 273 g/mol. The predicted molar refractivity (Wildman–Crippen MR) is 75.5 cm³/mol. The van der Waals surface area contributed by atoms with Crippen molar-refractivity contribution < 1.29 is 9.90 Å². The molecule has 0 spiro atoms. The summed E-state index contributed by atoms with van der Waals surface area (Å²) in [6.45, 7) is 3.23. The van der Waals surface area contributed by atoms with Crippen LogP contribution >= 0.6 is 0 Å². The van der Waals surface area contributed by atoms with Gasteiger partial charge in [0, 0.05) is 18.9 Å². The number of imidazole rings is 1. The first-order valence-corrected chi connectivity index (χ1v) is 7.01. The highest BCUT2D eigenvalue weighted by Crippen LogP contribution is 2.29. The van der Waals surface area contributed by atoms with E-state index in [2.05, 4.69) is 4.98 Å². The van der Waals surface area contributed by atoms with E-state index < -0.39 is 11.5 Å². The van der Waals surface area contributed by atoms with Crippen molar-refractivity contribution in [2.75, 3.05) is 6.54 Å². The summed E-state index contributed by atoms with van der Waals surface area (Å²) in [5.74, 6) is -0.735. The molecule has 1 N–H and O–H groups in total. The number of rotatable bonds is 3. The molecule has 0 saturated carbocycles. The van der Waals surface area contributed by atoms with Crippen LogP contribution in [0.5, 0.6) is 0 Å². The Kier molecular flexibility index (Phi) is 3.22. The maximum Gasteiger partial charge on any atom is 0.323 e. The van der Waals surface area contributed by atoms with Gasteiger partial charge in [-0.1, -0.05) is 6.07 Å². The Hall–Kier alpha value is -1.88. The van der Waals surface area contributed by atoms with Gasteiger partial charge in [-0.05, 0) is 44.9 Å². The van der Waals surface area contributed by atoms with E-state index in [1.807, 2.05) is 46.8 Å². The van der Waals surface area contributed by atoms with Crippen LogP contribution in [0.25, 0.3) is 5.65 Å². The third kappa shape index (κ3) is 2.18. The standard InChI is InChI=1S/C15H19N3O2/c1-15(14(19)20)7-3-5-9-18(15)11-12-10-17-8-4-2-6-13(17)16-12/h2,4,6,8,10H,3,5,7,9,11H2,1H3,(H,19,20). The highest BCUT2D eigenvalue weighted by Gasteiger charge is 2.41. The zero-order valence-corrected chi connectivity index (χ0v) is 11.6. The lowest BCUT2D eigenvalue weighted by atomic mass is 9.88. The zero-order chi connectivity index (χ0) is 14.2. The first-order chi connectivity index (χ1) is 9.59. The molecule has 1 atom stereocenters. The number of piperidine rings is 1. The van der Waals surface area contributed by atoms with Gasteiger partial charge in [0.05, 0.1) is 5.69 Å². The number of aromatic nitrogens is 2. The van der Waals surface area contributed by atoms with E-state index in [1.165, 1.54) is 0 Å². The molecule has 1 aliphatic rings. The van der Waals surface area contributed by atoms with E-state index in [1.54, 1.807) is 0 Å².